The van der Waals surface area contributed by atoms with E-state index in [1.807, 2.05) is 60.7 Å². The van der Waals surface area contributed by atoms with Crippen molar-refractivity contribution >= 4 is 65.7 Å². The first-order valence-corrected chi connectivity index (χ1v) is 19.0. The van der Waals surface area contributed by atoms with Crippen LogP contribution in [0.3, 0.4) is 0 Å². The first-order chi connectivity index (χ1) is 28.2. The van der Waals surface area contributed by atoms with Crippen LogP contribution in [0.1, 0.15) is 0 Å². The Kier molecular flexibility index (Phi) is 6.83. The van der Waals surface area contributed by atoms with Crippen molar-refractivity contribution in [2.24, 2.45) is 0 Å². The van der Waals surface area contributed by atoms with E-state index in [-0.39, 0.29) is 0 Å². The molecule has 4 heterocycles. The van der Waals surface area contributed by atoms with E-state index in [0.29, 0.717) is 17.5 Å². The number of hydrogen-bond acceptors (Lipinski definition) is 5. The van der Waals surface area contributed by atoms with E-state index in [2.05, 4.69) is 126 Å². The highest BCUT2D eigenvalue weighted by Gasteiger charge is 2.24. The number of para-hydroxylation sites is 3. The van der Waals surface area contributed by atoms with Gasteiger partial charge >= 0.3 is 0 Å². The summed E-state index contributed by atoms with van der Waals surface area (Å²) in [6.07, 6.45) is 0. The first-order valence-electron chi connectivity index (χ1n) is 19.0. The summed E-state index contributed by atoms with van der Waals surface area (Å²) in [6, 6.07) is 62.5. The third-order valence-corrected chi connectivity index (χ3v) is 11.1. The van der Waals surface area contributed by atoms with Gasteiger partial charge in [0.05, 0.1) is 16.7 Å². The van der Waals surface area contributed by atoms with Crippen molar-refractivity contribution in [2.45, 2.75) is 0 Å². The van der Waals surface area contributed by atoms with E-state index in [0.717, 1.165) is 99.2 Å². The van der Waals surface area contributed by atoms with Crippen LogP contribution >= 0.6 is 0 Å². The van der Waals surface area contributed by atoms with Crippen LogP contribution in [0.5, 0.6) is 0 Å². The zero-order chi connectivity index (χ0) is 37.5. The lowest BCUT2D eigenvalue weighted by atomic mass is 10.0. The Balaban J connectivity index is 1.13. The lowest BCUT2D eigenvalue weighted by Crippen LogP contribution is -2.01. The van der Waals surface area contributed by atoms with Crippen LogP contribution in [-0.2, 0) is 0 Å². The largest absolute Gasteiger partial charge is 0.456 e. The van der Waals surface area contributed by atoms with Gasteiger partial charge in [0, 0.05) is 55.1 Å². The van der Waals surface area contributed by atoms with Gasteiger partial charge < -0.3 is 13.4 Å². The number of furan rings is 2. The third kappa shape index (κ3) is 4.94. The smallest absolute Gasteiger partial charge is 0.164 e. The molecule has 0 aliphatic carbocycles. The number of rotatable bonds is 5. The number of hydrogen-bond donors (Lipinski definition) is 0. The molecule has 12 rings (SSSR count). The molecule has 0 spiro atoms. The summed E-state index contributed by atoms with van der Waals surface area (Å²) in [7, 11) is 0. The van der Waals surface area contributed by atoms with Crippen LogP contribution in [-0.4, -0.2) is 19.5 Å². The molecular weight excluding hydrogens is 701 g/mol. The molecule has 0 saturated carbocycles. The van der Waals surface area contributed by atoms with Crippen molar-refractivity contribution < 1.29 is 8.83 Å². The average molecular weight is 731 g/mol. The van der Waals surface area contributed by atoms with Gasteiger partial charge in [0.15, 0.2) is 23.1 Å². The molecular formula is C51H30N4O2. The van der Waals surface area contributed by atoms with Gasteiger partial charge in [-0.25, -0.2) is 15.0 Å². The maximum Gasteiger partial charge on any atom is 0.164 e. The fraction of sp³-hybridized carbons (Fsp3) is 0. The Morgan fingerprint density at radius 1 is 0.351 bits per heavy atom. The topological polar surface area (TPSA) is 69.9 Å². The molecule has 6 nitrogen and oxygen atoms in total. The molecule has 266 valence electrons. The van der Waals surface area contributed by atoms with Gasteiger partial charge in [-0.2, -0.15) is 0 Å². The van der Waals surface area contributed by atoms with E-state index in [1.165, 1.54) is 0 Å². The molecule has 0 aliphatic heterocycles. The predicted octanol–water partition coefficient (Wildman–Crippen LogP) is 13.4. The molecule has 0 saturated heterocycles. The molecule has 6 heteroatoms. The van der Waals surface area contributed by atoms with Crippen LogP contribution in [0.15, 0.2) is 191 Å². The van der Waals surface area contributed by atoms with Gasteiger partial charge in [-0.05, 0) is 53.6 Å². The van der Waals surface area contributed by atoms with Gasteiger partial charge in [-0.3, -0.25) is 0 Å². The molecule has 12 aromatic rings. The minimum Gasteiger partial charge on any atom is -0.456 e. The van der Waals surface area contributed by atoms with Crippen LogP contribution in [0, 0.1) is 0 Å². The van der Waals surface area contributed by atoms with E-state index in [4.69, 9.17) is 23.8 Å². The SMILES string of the molecule is c1ccc(-c2cccc(-c3nc(-c4ccccc4)nc(-c4ccc(-n5c6ccccc6c6cc7c(cc65)oc5ccccc57)c5oc6ccccc6c45)n3)c2)cc1. The molecule has 0 N–H and O–H groups in total. The standard InChI is InChI=1S/C51H30N4O2/c1-3-14-31(15-4-1)33-18-13-19-34(28-33)50-52-49(32-16-5-2-6-17-32)53-51(54-50)38-26-27-42(48-47(38)37-22-9-12-25-45(37)57-48)55-41-23-10-7-20-35(41)39-29-40-36-21-8-11-24-44(36)56-46(40)30-43(39)55/h1-30H. The van der Waals surface area contributed by atoms with Gasteiger partial charge in [0.1, 0.15) is 16.7 Å². The van der Waals surface area contributed by atoms with Crippen molar-refractivity contribution in [3.8, 4) is 51.0 Å². The highest BCUT2D eigenvalue weighted by atomic mass is 16.3. The van der Waals surface area contributed by atoms with Crippen LogP contribution in [0.25, 0.3) is 117 Å². The third-order valence-electron chi connectivity index (χ3n) is 11.1. The normalized spacial score (nSPS) is 11.9. The molecule has 0 bridgehead atoms. The van der Waals surface area contributed by atoms with Gasteiger partial charge in [-0.1, -0.05) is 133 Å². The van der Waals surface area contributed by atoms with Crippen LogP contribution in [0.2, 0.25) is 0 Å². The number of fused-ring (bicyclic) bond motifs is 9. The summed E-state index contributed by atoms with van der Waals surface area (Å²) >= 11 is 0. The molecule has 57 heavy (non-hydrogen) atoms. The van der Waals surface area contributed by atoms with Crippen molar-refractivity contribution in [1.29, 1.82) is 0 Å². The Hall–Kier alpha value is -7.83. The summed E-state index contributed by atoms with van der Waals surface area (Å²) in [6.45, 7) is 0. The number of nitrogens with zero attached hydrogens (tertiary/aromatic N) is 4. The fourth-order valence-electron chi connectivity index (χ4n) is 8.43. The maximum atomic E-state index is 6.88. The molecule has 0 fully saturated rings. The van der Waals surface area contributed by atoms with Crippen molar-refractivity contribution in [3.05, 3.63) is 182 Å². The van der Waals surface area contributed by atoms with E-state index >= 15 is 0 Å². The van der Waals surface area contributed by atoms with Gasteiger partial charge in [0.2, 0.25) is 0 Å². The minimum atomic E-state index is 0.568. The highest BCUT2D eigenvalue weighted by Crippen LogP contribution is 2.44. The second kappa shape index (κ2) is 12.3. The van der Waals surface area contributed by atoms with E-state index in [9.17, 15) is 0 Å². The Morgan fingerprint density at radius 2 is 0.965 bits per heavy atom. The number of aromatic nitrogens is 4. The summed E-state index contributed by atoms with van der Waals surface area (Å²) in [4.78, 5) is 15.5. The number of benzene rings is 8. The zero-order valence-electron chi connectivity index (χ0n) is 30.4. The van der Waals surface area contributed by atoms with E-state index < -0.39 is 0 Å². The fourth-order valence-corrected chi connectivity index (χ4v) is 8.43. The monoisotopic (exact) mass is 730 g/mol. The summed E-state index contributed by atoms with van der Waals surface area (Å²) < 4.78 is 15.6. The molecule has 0 radical (unpaired) electrons. The lowest BCUT2D eigenvalue weighted by molar-refractivity contribution is 0.665. The van der Waals surface area contributed by atoms with Crippen molar-refractivity contribution in [1.82, 2.24) is 19.5 Å². The van der Waals surface area contributed by atoms with Crippen LogP contribution < -0.4 is 0 Å². The Morgan fingerprint density at radius 3 is 1.77 bits per heavy atom. The molecule has 8 aromatic carbocycles. The van der Waals surface area contributed by atoms with Gasteiger partial charge in [0.25, 0.3) is 0 Å². The highest BCUT2D eigenvalue weighted by molar-refractivity contribution is 6.19. The molecule has 0 atom stereocenters. The van der Waals surface area contributed by atoms with Crippen LogP contribution in [0.4, 0.5) is 0 Å². The van der Waals surface area contributed by atoms with E-state index in [1.54, 1.807) is 0 Å². The zero-order valence-corrected chi connectivity index (χ0v) is 30.4. The second-order valence-electron chi connectivity index (χ2n) is 14.4. The maximum absolute atomic E-state index is 6.88. The summed E-state index contributed by atoms with van der Waals surface area (Å²) in [5.74, 6) is 1.76. The second-order valence-corrected chi connectivity index (χ2v) is 14.4. The quantitative estimate of drug-likeness (QED) is 0.176. The molecule has 4 aromatic heterocycles. The minimum absolute atomic E-state index is 0.568. The Bertz CT molecular complexity index is 3530. The molecule has 0 aliphatic rings. The molecule has 0 unspecified atom stereocenters. The predicted molar refractivity (Wildman–Crippen MR) is 230 cm³/mol. The Labute approximate surface area is 325 Å². The first kappa shape index (κ1) is 31.5. The lowest BCUT2D eigenvalue weighted by Gasteiger charge is -2.13. The van der Waals surface area contributed by atoms with Gasteiger partial charge in [-0.15, -0.1) is 0 Å². The molecule has 0 amide bonds. The van der Waals surface area contributed by atoms with Crippen molar-refractivity contribution in [2.75, 3.05) is 0 Å². The summed E-state index contributed by atoms with van der Waals surface area (Å²) in [5, 5.41) is 6.42. The van der Waals surface area contributed by atoms with Crippen molar-refractivity contribution in [3.63, 3.8) is 0 Å². The average Bonchev–Trinajstić information content (AvgIpc) is 3.95. The summed E-state index contributed by atoms with van der Waals surface area (Å²) in [5.41, 5.74) is 11.2.